The maximum atomic E-state index is 13.4. The van der Waals surface area contributed by atoms with Crippen LogP contribution in [0, 0.1) is 46.3 Å². The van der Waals surface area contributed by atoms with E-state index in [1.54, 1.807) is 4.90 Å². The molecule has 0 heterocycles. The summed E-state index contributed by atoms with van der Waals surface area (Å²) in [4.78, 5) is 41.0. The van der Waals surface area contributed by atoms with Crippen molar-refractivity contribution in [2.75, 3.05) is 32.7 Å². The number of carbonyl (C=O) groups is 3. The Labute approximate surface area is 394 Å². The molecular formula is C56H102N4O4. The molecule has 0 aromatic heterocycles. The number of unbranched alkanes of at least 4 members (excludes halogenated alkanes) is 16. The average molecular weight is 895 g/mol. The van der Waals surface area contributed by atoms with Crippen molar-refractivity contribution in [2.45, 2.75) is 247 Å². The van der Waals surface area contributed by atoms with Gasteiger partial charge >= 0.3 is 6.09 Å². The number of rotatable bonds is 33. The van der Waals surface area contributed by atoms with Crippen LogP contribution in [-0.4, -0.2) is 61.6 Å². The second-order valence-electron chi connectivity index (χ2n) is 22.6. The van der Waals surface area contributed by atoms with Gasteiger partial charge in [-0.3, -0.25) is 9.59 Å². The van der Waals surface area contributed by atoms with Crippen LogP contribution in [-0.2, 0) is 14.3 Å². The van der Waals surface area contributed by atoms with E-state index < -0.39 is 0 Å². The maximum absolute atomic E-state index is 13.4. The number of nitrogens with one attached hydrogen (secondary N) is 2. The SMILES string of the molecule is CCCCCCCCCCCCCCCCCCC(=O)N(CCCNC(=O)O[C@H]1CC[C@@]2(C)C(=CC[C@H]3[C@@H]4CC[C@H]([C@H](C)CCCC(C)C)[C@@]4(C)CC[C@@H]32)C1)CC(=O)NCCCCN. The Morgan fingerprint density at radius 2 is 1.38 bits per heavy atom. The van der Waals surface area contributed by atoms with E-state index in [9.17, 15) is 14.4 Å². The summed E-state index contributed by atoms with van der Waals surface area (Å²) in [5.41, 5.74) is 7.88. The third-order valence-corrected chi connectivity index (χ3v) is 17.3. The minimum absolute atomic E-state index is 0.0281. The van der Waals surface area contributed by atoms with Crippen LogP contribution in [0.25, 0.3) is 0 Å². The lowest BCUT2D eigenvalue weighted by molar-refractivity contribution is -0.136. The fourth-order valence-electron chi connectivity index (χ4n) is 13.4. The molecule has 0 unspecified atom stereocenters. The zero-order chi connectivity index (χ0) is 46.2. The van der Waals surface area contributed by atoms with Gasteiger partial charge in [0.2, 0.25) is 11.8 Å². The summed E-state index contributed by atoms with van der Waals surface area (Å²) in [7, 11) is 0. The Bertz CT molecular complexity index is 1370. The van der Waals surface area contributed by atoms with E-state index in [1.807, 2.05) is 0 Å². The van der Waals surface area contributed by atoms with Crippen molar-refractivity contribution < 1.29 is 19.1 Å². The van der Waals surface area contributed by atoms with Gasteiger partial charge in [-0.25, -0.2) is 4.79 Å². The molecule has 4 aliphatic rings. The fraction of sp³-hybridized carbons (Fsp3) is 0.911. The molecule has 8 heteroatoms. The molecule has 8 atom stereocenters. The molecule has 4 aliphatic carbocycles. The summed E-state index contributed by atoms with van der Waals surface area (Å²) in [6, 6.07) is 0. The summed E-state index contributed by atoms with van der Waals surface area (Å²) in [6.07, 6.45) is 39.4. The topological polar surface area (TPSA) is 114 Å². The van der Waals surface area contributed by atoms with Gasteiger partial charge in [0.25, 0.3) is 0 Å². The number of hydrogen-bond acceptors (Lipinski definition) is 5. The van der Waals surface area contributed by atoms with Crippen molar-refractivity contribution in [3.05, 3.63) is 11.6 Å². The van der Waals surface area contributed by atoms with E-state index in [0.29, 0.717) is 44.4 Å². The normalized spacial score (nSPS) is 26.7. The zero-order valence-electron chi connectivity index (χ0n) is 42.7. The Morgan fingerprint density at radius 3 is 2.02 bits per heavy atom. The van der Waals surface area contributed by atoms with Gasteiger partial charge in [0.05, 0.1) is 6.54 Å². The molecule has 0 bridgehead atoms. The van der Waals surface area contributed by atoms with Crippen molar-refractivity contribution in [3.8, 4) is 0 Å². The van der Waals surface area contributed by atoms with Crippen molar-refractivity contribution in [3.63, 3.8) is 0 Å². The molecule has 0 aromatic rings. The Balaban J connectivity index is 1.14. The van der Waals surface area contributed by atoms with Gasteiger partial charge in [0.15, 0.2) is 0 Å². The number of nitrogens with zero attached hydrogens (tertiary/aromatic N) is 1. The average Bonchev–Trinajstić information content (AvgIpc) is 3.63. The van der Waals surface area contributed by atoms with Crippen LogP contribution in [0.15, 0.2) is 11.6 Å². The quantitative estimate of drug-likeness (QED) is 0.0448. The van der Waals surface area contributed by atoms with E-state index in [0.717, 1.165) is 86.9 Å². The van der Waals surface area contributed by atoms with Crippen LogP contribution in [0.3, 0.4) is 0 Å². The van der Waals surface area contributed by atoms with Crippen LogP contribution in [0.2, 0.25) is 0 Å². The molecule has 4 N–H and O–H groups in total. The van der Waals surface area contributed by atoms with E-state index in [2.05, 4.69) is 58.3 Å². The van der Waals surface area contributed by atoms with Crippen LogP contribution < -0.4 is 16.4 Å². The van der Waals surface area contributed by atoms with Gasteiger partial charge in [-0.15, -0.1) is 0 Å². The first-order valence-electron chi connectivity index (χ1n) is 27.8. The number of nitrogens with two attached hydrogens (primary N) is 1. The zero-order valence-corrected chi connectivity index (χ0v) is 42.7. The lowest BCUT2D eigenvalue weighted by Crippen LogP contribution is -2.51. The van der Waals surface area contributed by atoms with Crippen molar-refractivity contribution in [1.82, 2.24) is 15.5 Å². The predicted octanol–water partition coefficient (Wildman–Crippen LogP) is 13.8. The van der Waals surface area contributed by atoms with E-state index in [4.69, 9.17) is 10.5 Å². The number of ether oxygens (including phenoxy) is 1. The largest absolute Gasteiger partial charge is 0.446 e. The second kappa shape index (κ2) is 29.6. The maximum Gasteiger partial charge on any atom is 0.407 e. The molecule has 0 aromatic carbocycles. The molecule has 0 spiro atoms. The number of fused-ring (bicyclic) bond motifs is 5. The van der Waals surface area contributed by atoms with Crippen LogP contribution in [0.5, 0.6) is 0 Å². The highest BCUT2D eigenvalue weighted by molar-refractivity contribution is 5.84. The van der Waals surface area contributed by atoms with Gasteiger partial charge in [-0.2, -0.15) is 0 Å². The highest BCUT2D eigenvalue weighted by Crippen LogP contribution is 2.67. The molecule has 3 saturated carbocycles. The number of amides is 3. The minimum atomic E-state index is -0.362. The monoisotopic (exact) mass is 895 g/mol. The molecule has 64 heavy (non-hydrogen) atoms. The predicted molar refractivity (Wildman–Crippen MR) is 268 cm³/mol. The van der Waals surface area contributed by atoms with Gasteiger partial charge in [0.1, 0.15) is 6.10 Å². The third kappa shape index (κ3) is 17.5. The van der Waals surface area contributed by atoms with Crippen LogP contribution >= 0.6 is 0 Å². The molecule has 0 saturated heterocycles. The summed E-state index contributed by atoms with van der Waals surface area (Å²) in [5, 5.41) is 5.95. The van der Waals surface area contributed by atoms with Gasteiger partial charge in [0, 0.05) is 32.5 Å². The van der Waals surface area contributed by atoms with E-state index in [1.165, 1.54) is 140 Å². The molecule has 0 aliphatic heterocycles. The highest BCUT2D eigenvalue weighted by atomic mass is 16.6. The Kier molecular flexibility index (Phi) is 25.2. The number of alkyl carbamates (subject to hydrolysis) is 1. The summed E-state index contributed by atoms with van der Waals surface area (Å²) in [6.45, 7) is 16.9. The molecule has 370 valence electrons. The van der Waals surface area contributed by atoms with Gasteiger partial charge in [-0.05, 0) is 124 Å². The molecule has 8 nitrogen and oxygen atoms in total. The fourth-order valence-corrected chi connectivity index (χ4v) is 13.4. The molecule has 3 fully saturated rings. The lowest BCUT2D eigenvalue weighted by atomic mass is 9.47. The molecule has 4 rings (SSSR count). The summed E-state index contributed by atoms with van der Waals surface area (Å²) < 4.78 is 6.07. The van der Waals surface area contributed by atoms with Crippen molar-refractivity contribution in [1.29, 1.82) is 0 Å². The number of hydrogen-bond donors (Lipinski definition) is 3. The third-order valence-electron chi connectivity index (χ3n) is 17.3. The Morgan fingerprint density at radius 1 is 0.734 bits per heavy atom. The van der Waals surface area contributed by atoms with Crippen molar-refractivity contribution in [2.24, 2.45) is 52.1 Å². The summed E-state index contributed by atoms with van der Waals surface area (Å²) in [5.74, 6) is 4.80. The standard InChI is InChI=1S/C56H102N4O4/c1-7-8-9-10-11-12-13-14-15-16-17-18-19-20-21-22-29-53(62)60(43-52(61)58-39-24-23-38-57)41-26-40-59-54(63)64-47-34-36-55(5)46(42-47)30-31-48-50-33-32-49(45(4)28-25-27-44(2)3)56(50,6)37-35-51(48)55/h30,44-45,47-51H,7-29,31-43,57H2,1-6H3,(H,58,61)(H,59,63)/t45-,47+,48+,49-,50+,51+,55+,56-/m1/s1. The first-order chi connectivity index (χ1) is 30.9. The smallest absolute Gasteiger partial charge is 0.407 e. The Hall–Kier alpha value is -2.09. The van der Waals surface area contributed by atoms with E-state index >= 15 is 0 Å². The van der Waals surface area contributed by atoms with Gasteiger partial charge < -0.3 is 26.0 Å². The highest BCUT2D eigenvalue weighted by Gasteiger charge is 2.59. The first-order valence-corrected chi connectivity index (χ1v) is 27.8. The molecule has 0 radical (unpaired) electrons. The number of carbonyl (C=O) groups excluding carboxylic acids is 3. The first kappa shape index (κ1) is 54.5. The van der Waals surface area contributed by atoms with Crippen LogP contribution in [0.1, 0.15) is 241 Å². The second-order valence-corrected chi connectivity index (χ2v) is 22.6. The molecule has 3 amide bonds. The minimum Gasteiger partial charge on any atom is -0.446 e. The lowest BCUT2D eigenvalue weighted by Gasteiger charge is -2.58. The summed E-state index contributed by atoms with van der Waals surface area (Å²) >= 11 is 0. The molecular weight excluding hydrogens is 793 g/mol. The van der Waals surface area contributed by atoms with E-state index in [-0.39, 0.29) is 36.0 Å². The van der Waals surface area contributed by atoms with Crippen LogP contribution in [0.4, 0.5) is 4.79 Å². The van der Waals surface area contributed by atoms with Crippen molar-refractivity contribution >= 4 is 17.9 Å². The van der Waals surface area contributed by atoms with Gasteiger partial charge in [-0.1, -0.05) is 169 Å². The number of allylic oxidation sites excluding steroid dienone is 1.